The number of nitrogens with zero attached hydrogens (tertiary/aromatic N) is 3. The van der Waals surface area contributed by atoms with Crippen LogP contribution in [0.1, 0.15) is 25.7 Å². The summed E-state index contributed by atoms with van der Waals surface area (Å²) in [6, 6.07) is 0.691. The van der Waals surface area contributed by atoms with Crippen molar-refractivity contribution in [2.24, 2.45) is 4.99 Å². The van der Waals surface area contributed by atoms with Crippen LogP contribution in [0.3, 0.4) is 0 Å². The first-order valence-electron chi connectivity index (χ1n) is 5.37. The number of hydrogen-bond donors (Lipinski definition) is 2. The lowest BCUT2D eigenvalue weighted by molar-refractivity contribution is 0.0696. The molecule has 2 heterocycles. The molecule has 0 aliphatic carbocycles. The van der Waals surface area contributed by atoms with Crippen molar-refractivity contribution in [3.05, 3.63) is 0 Å². The molecule has 0 aromatic heterocycles. The van der Waals surface area contributed by atoms with Crippen LogP contribution >= 0.6 is 0 Å². The first-order valence-corrected chi connectivity index (χ1v) is 5.37. The van der Waals surface area contributed by atoms with Crippen LogP contribution in [0.4, 0.5) is 0 Å². The Kier molecular flexibility index (Phi) is 2.78. The molecule has 0 amide bonds. The van der Waals surface area contributed by atoms with E-state index in [2.05, 4.69) is 15.2 Å². The predicted octanol–water partition coefficient (Wildman–Crippen LogP) is 0.0306. The Bertz CT molecular complexity index is 295. The number of aliphatic hydroxyl groups excluding tert-OH is 1. The molecule has 0 saturated carbocycles. The molecule has 82 valence electrons. The van der Waals surface area contributed by atoms with Crippen molar-refractivity contribution in [1.29, 1.82) is 5.26 Å². The van der Waals surface area contributed by atoms with Gasteiger partial charge in [-0.15, -0.1) is 4.99 Å². The molecule has 0 aromatic carbocycles. The number of piperidine rings is 1. The summed E-state index contributed by atoms with van der Waals surface area (Å²) in [5.41, 5.74) is 0. The van der Waals surface area contributed by atoms with E-state index >= 15 is 0 Å². The molecule has 2 fully saturated rings. The molecule has 15 heavy (non-hydrogen) atoms. The molecule has 2 aliphatic heterocycles. The summed E-state index contributed by atoms with van der Waals surface area (Å²) >= 11 is 0. The van der Waals surface area contributed by atoms with Crippen molar-refractivity contribution >= 4 is 5.96 Å². The Labute approximate surface area is 89.4 Å². The molecule has 0 aromatic rings. The molecule has 2 rings (SSSR count). The molecule has 2 saturated heterocycles. The number of nitrogens with one attached hydrogen (secondary N) is 1. The largest absolute Gasteiger partial charge is 0.393 e. The highest BCUT2D eigenvalue weighted by atomic mass is 16.3. The van der Waals surface area contributed by atoms with Gasteiger partial charge in [-0.3, -0.25) is 0 Å². The van der Waals surface area contributed by atoms with E-state index in [0.29, 0.717) is 18.0 Å². The number of fused-ring (bicyclic) bond motifs is 2. The minimum Gasteiger partial charge on any atom is -0.393 e. The van der Waals surface area contributed by atoms with Crippen LogP contribution in [-0.2, 0) is 0 Å². The zero-order chi connectivity index (χ0) is 10.8. The highest BCUT2D eigenvalue weighted by Crippen LogP contribution is 2.35. The third kappa shape index (κ3) is 1.77. The predicted molar refractivity (Wildman–Crippen MR) is 56.0 cm³/mol. The van der Waals surface area contributed by atoms with E-state index in [1.807, 2.05) is 6.19 Å². The normalized spacial score (nSPS) is 35.1. The van der Waals surface area contributed by atoms with Crippen LogP contribution in [0, 0.1) is 11.5 Å². The Morgan fingerprint density at radius 2 is 2.07 bits per heavy atom. The molecule has 2 aliphatic rings. The second-order valence-electron chi connectivity index (χ2n) is 4.20. The van der Waals surface area contributed by atoms with Crippen LogP contribution in [0.15, 0.2) is 4.99 Å². The van der Waals surface area contributed by atoms with Gasteiger partial charge in [-0.2, -0.15) is 5.26 Å². The van der Waals surface area contributed by atoms with Gasteiger partial charge in [0.2, 0.25) is 12.2 Å². The van der Waals surface area contributed by atoms with Gasteiger partial charge in [0.1, 0.15) is 0 Å². The van der Waals surface area contributed by atoms with Crippen LogP contribution in [0.25, 0.3) is 0 Å². The van der Waals surface area contributed by atoms with Crippen LogP contribution in [-0.4, -0.2) is 41.2 Å². The summed E-state index contributed by atoms with van der Waals surface area (Å²) < 4.78 is 0. The quantitative estimate of drug-likeness (QED) is 0.335. The first kappa shape index (κ1) is 10.2. The molecule has 2 unspecified atom stereocenters. The van der Waals surface area contributed by atoms with Gasteiger partial charge in [0.05, 0.1) is 6.10 Å². The molecule has 0 spiro atoms. The lowest BCUT2D eigenvalue weighted by atomic mass is 10.0. The first-order chi connectivity index (χ1) is 7.26. The second-order valence-corrected chi connectivity index (χ2v) is 4.20. The summed E-state index contributed by atoms with van der Waals surface area (Å²) in [7, 11) is 1.78. The van der Waals surface area contributed by atoms with Crippen LogP contribution < -0.4 is 5.32 Å². The average molecular weight is 208 g/mol. The standard InChI is InChI=1S/C10H16N4O/c1-12-10(13-6-11)14-7-2-3-8(14)5-9(15)4-7/h7-9,15H,2-5H2,1H3,(H,12,13). The summed E-state index contributed by atoms with van der Waals surface area (Å²) in [4.78, 5) is 5.95. The fourth-order valence-corrected chi connectivity index (χ4v) is 2.78. The number of guanidine groups is 1. The van der Waals surface area contributed by atoms with Gasteiger partial charge in [0.15, 0.2) is 0 Å². The van der Waals surface area contributed by atoms with Gasteiger partial charge >= 0.3 is 0 Å². The Balaban J connectivity index is 2.17. The van der Waals surface area contributed by atoms with E-state index in [9.17, 15) is 5.11 Å². The molecule has 5 nitrogen and oxygen atoms in total. The van der Waals surface area contributed by atoms with Crippen molar-refractivity contribution in [3.63, 3.8) is 0 Å². The molecule has 2 atom stereocenters. The molecular weight excluding hydrogens is 192 g/mol. The number of rotatable bonds is 0. The summed E-state index contributed by atoms with van der Waals surface area (Å²) in [5, 5.41) is 21.2. The lowest BCUT2D eigenvalue weighted by Crippen LogP contribution is -2.51. The van der Waals surface area contributed by atoms with Gasteiger partial charge < -0.3 is 15.3 Å². The van der Waals surface area contributed by atoms with E-state index in [1.165, 1.54) is 0 Å². The van der Waals surface area contributed by atoms with E-state index in [-0.39, 0.29) is 6.10 Å². The summed E-state index contributed by atoms with van der Waals surface area (Å²) in [5.74, 6) is 0.650. The van der Waals surface area contributed by atoms with Gasteiger partial charge in [0.25, 0.3) is 0 Å². The molecule has 2 N–H and O–H groups in total. The van der Waals surface area contributed by atoms with Crippen molar-refractivity contribution < 1.29 is 5.11 Å². The van der Waals surface area contributed by atoms with Gasteiger partial charge in [0, 0.05) is 19.1 Å². The zero-order valence-electron chi connectivity index (χ0n) is 8.85. The fourth-order valence-electron chi connectivity index (χ4n) is 2.78. The molecule has 5 heteroatoms. The molecular formula is C10H16N4O. The maximum atomic E-state index is 9.64. The van der Waals surface area contributed by atoms with Crippen LogP contribution in [0.2, 0.25) is 0 Å². The average Bonchev–Trinajstić information content (AvgIpc) is 2.47. The van der Waals surface area contributed by atoms with E-state index in [0.717, 1.165) is 25.7 Å². The maximum absolute atomic E-state index is 9.64. The van der Waals surface area contributed by atoms with Gasteiger partial charge in [-0.05, 0) is 25.7 Å². The van der Waals surface area contributed by atoms with Crippen molar-refractivity contribution in [3.8, 4) is 6.19 Å². The minimum absolute atomic E-state index is 0.182. The van der Waals surface area contributed by atoms with Crippen molar-refractivity contribution in [1.82, 2.24) is 10.2 Å². The Morgan fingerprint density at radius 1 is 1.47 bits per heavy atom. The van der Waals surface area contributed by atoms with Crippen molar-refractivity contribution in [2.75, 3.05) is 7.05 Å². The van der Waals surface area contributed by atoms with Crippen molar-refractivity contribution in [2.45, 2.75) is 43.9 Å². The fraction of sp³-hybridized carbons (Fsp3) is 0.800. The van der Waals surface area contributed by atoms with E-state index in [4.69, 9.17) is 5.26 Å². The third-order valence-corrected chi connectivity index (χ3v) is 3.33. The monoisotopic (exact) mass is 208 g/mol. The van der Waals surface area contributed by atoms with Gasteiger partial charge in [-0.25, -0.2) is 0 Å². The number of hydrogen-bond acceptors (Lipinski definition) is 3. The summed E-state index contributed by atoms with van der Waals surface area (Å²) in [6.07, 6.45) is 5.41. The zero-order valence-corrected chi connectivity index (χ0v) is 8.85. The Hall–Kier alpha value is -1.28. The highest BCUT2D eigenvalue weighted by molar-refractivity contribution is 5.81. The Morgan fingerprint density at radius 3 is 2.53 bits per heavy atom. The van der Waals surface area contributed by atoms with Gasteiger partial charge in [-0.1, -0.05) is 0 Å². The smallest absolute Gasteiger partial charge is 0.210 e. The molecule has 0 radical (unpaired) electrons. The summed E-state index contributed by atoms with van der Waals surface area (Å²) in [6.45, 7) is 0. The number of aliphatic imine (C=N–C) groups is 1. The highest BCUT2D eigenvalue weighted by Gasteiger charge is 2.41. The van der Waals surface area contributed by atoms with E-state index < -0.39 is 0 Å². The topological polar surface area (TPSA) is 71.7 Å². The lowest BCUT2D eigenvalue weighted by Gasteiger charge is -2.38. The van der Waals surface area contributed by atoms with Crippen LogP contribution in [0.5, 0.6) is 0 Å². The minimum atomic E-state index is -0.182. The second kappa shape index (κ2) is 4.07. The number of aliphatic hydroxyl groups is 1. The van der Waals surface area contributed by atoms with E-state index in [1.54, 1.807) is 7.05 Å². The molecule has 2 bridgehead atoms. The third-order valence-electron chi connectivity index (χ3n) is 3.33. The SMILES string of the molecule is CNC(=NC#N)N1C2CCC1CC(O)C2. The maximum Gasteiger partial charge on any atom is 0.210 e. The number of nitriles is 1.